The summed E-state index contributed by atoms with van der Waals surface area (Å²) in [5.74, 6) is 0.787. The van der Waals surface area contributed by atoms with Gasteiger partial charge in [-0.05, 0) is 34.1 Å². The molecule has 15 heavy (non-hydrogen) atoms. The Labute approximate surface area is 96.0 Å². The van der Waals surface area contributed by atoms with Gasteiger partial charge in [-0.2, -0.15) is 5.10 Å². The summed E-state index contributed by atoms with van der Waals surface area (Å²) in [6.45, 7) is 0.510. The Bertz CT molecular complexity index is 455. The molecule has 0 aliphatic heterocycles. The topological polar surface area (TPSA) is 39.9 Å². The lowest BCUT2D eigenvalue weighted by molar-refractivity contribution is 0.181. The predicted octanol–water partition coefficient (Wildman–Crippen LogP) is 2.18. The van der Waals surface area contributed by atoms with Gasteiger partial charge in [0.05, 0.1) is 12.3 Å². The minimum atomic E-state index is 0.510. The Hall–Kier alpha value is -1.20. The quantitative estimate of drug-likeness (QED) is 0.856. The van der Waals surface area contributed by atoms with Crippen molar-refractivity contribution in [2.24, 2.45) is 0 Å². The second-order valence-electron chi connectivity index (χ2n) is 3.00. The number of pyridine rings is 1. The van der Waals surface area contributed by atoms with Crippen LogP contribution in [0.2, 0.25) is 0 Å². The first-order valence-corrected chi connectivity index (χ1v) is 5.25. The molecule has 0 amide bonds. The maximum Gasteiger partial charge on any atom is 0.153 e. The van der Waals surface area contributed by atoms with Crippen LogP contribution in [0.5, 0.6) is 0 Å². The van der Waals surface area contributed by atoms with Crippen molar-refractivity contribution in [3.63, 3.8) is 0 Å². The molecular weight excluding hydrogens is 258 g/mol. The van der Waals surface area contributed by atoms with E-state index in [-0.39, 0.29) is 0 Å². The molecule has 2 aromatic rings. The van der Waals surface area contributed by atoms with Gasteiger partial charge in [0, 0.05) is 13.3 Å². The zero-order chi connectivity index (χ0) is 10.7. The van der Waals surface area contributed by atoms with Gasteiger partial charge in [0.1, 0.15) is 4.60 Å². The van der Waals surface area contributed by atoms with E-state index in [1.165, 1.54) is 0 Å². The van der Waals surface area contributed by atoms with Crippen LogP contribution in [0.4, 0.5) is 0 Å². The SMILES string of the molecule is COCc1cccc(-n2ccc(Br)n2)n1. The molecule has 0 atom stereocenters. The monoisotopic (exact) mass is 267 g/mol. The van der Waals surface area contributed by atoms with Gasteiger partial charge in [0.2, 0.25) is 0 Å². The van der Waals surface area contributed by atoms with E-state index >= 15 is 0 Å². The van der Waals surface area contributed by atoms with Crippen LogP contribution in [-0.4, -0.2) is 21.9 Å². The third-order valence-electron chi connectivity index (χ3n) is 1.88. The highest BCUT2D eigenvalue weighted by Crippen LogP contribution is 2.09. The third-order valence-corrected chi connectivity index (χ3v) is 2.30. The fourth-order valence-electron chi connectivity index (χ4n) is 1.25. The second kappa shape index (κ2) is 4.55. The summed E-state index contributed by atoms with van der Waals surface area (Å²) in [5.41, 5.74) is 0.890. The maximum absolute atomic E-state index is 5.02. The summed E-state index contributed by atoms with van der Waals surface area (Å²) in [5, 5.41) is 4.21. The number of nitrogens with zero attached hydrogens (tertiary/aromatic N) is 3. The van der Waals surface area contributed by atoms with Crippen LogP contribution in [0.3, 0.4) is 0 Å². The number of rotatable bonds is 3. The number of aromatic nitrogens is 3. The number of hydrogen-bond donors (Lipinski definition) is 0. The van der Waals surface area contributed by atoms with E-state index < -0.39 is 0 Å². The summed E-state index contributed by atoms with van der Waals surface area (Å²) in [6, 6.07) is 7.63. The Morgan fingerprint density at radius 2 is 2.27 bits per heavy atom. The van der Waals surface area contributed by atoms with E-state index in [2.05, 4.69) is 26.0 Å². The van der Waals surface area contributed by atoms with Crippen LogP contribution in [-0.2, 0) is 11.3 Å². The molecule has 4 nitrogen and oxygen atoms in total. The highest BCUT2D eigenvalue weighted by molar-refractivity contribution is 9.10. The number of ether oxygens (including phenoxy) is 1. The fraction of sp³-hybridized carbons (Fsp3) is 0.200. The van der Waals surface area contributed by atoms with Crippen molar-refractivity contribution in [3.05, 3.63) is 40.8 Å². The highest BCUT2D eigenvalue weighted by Gasteiger charge is 2.01. The normalized spacial score (nSPS) is 10.5. The Morgan fingerprint density at radius 3 is 2.93 bits per heavy atom. The summed E-state index contributed by atoms with van der Waals surface area (Å²) in [4.78, 5) is 4.40. The minimum absolute atomic E-state index is 0.510. The summed E-state index contributed by atoms with van der Waals surface area (Å²) in [7, 11) is 1.65. The fourth-order valence-corrected chi connectivity index (χ4v) is 1.54. The molecule has 0 aromatic carbocycles. The molecule has 0 unspecified atom stereocenters. The van der Waals surface area contributed by atoms with Crippen LogP contribution in [0.15, 0.2) is 35.1 Å². The molecule has 0 saturated heterocycles. The molecule has 0 saturated carbocycles. The van der Waals surface area contributed by atoms with Gasteiger partial charge in [0.15, 0.2) is 5.82 Å². The van der Waals surface area contributed by atoms with Crippen LogP contribution in [0.1, 0.15) is 5.69 Å². The average molecular weight is 268 g/mol. The minimum Gasteiger partial charge on any atom is -0.378 e. The van der Waals surface area contributed by atoms with Gasteiger partial charge >= 0.3 is 0 Å². The molecule has 2 aromatic heterocycles. The van der Waals surface area contributed by atoms with Crippen molar-refractivity contribution in [2.45, 2.75) is 6.61 Å². The van der Waals surface area contributed by atoms with Gasteiger partial charge in [0.25, 0.3) is 0 Å². The predicted molar refractivity (Wildman–Crippen MR) is 59.8 cm³/mol. The molecule has 0 bridgehead atoms. The summed E-state index contributed by atoms with van der Waals surface area (Å²) < 4.78 is 7.53. The third kappa shape index (κ3) is 2.43. The van der Waals surface area contributed by atoms with Crippen LogP contribution in [0.25, 0.3) is 5.82 Å². The van der Waals surface area contributed by atoms with E-state index in [4.69, 9.17) is 4.74 Å². The lowest BCUT2D eigenvalue weighted by Gasteiger charge is -2.03. The molecule has 78 valence electrons. The summed E-state index contributed by atoms with van der Waals surface area (Å²) in [6.07, 6.45) is 1.85. The molecule has 0 aliphatic rings. The Morgan fingerprint density at radius 1 is 1.40 bits per heavy atom. The Kier molecular flexibility index (Phi) is 3.13. The second-order valence-corrected chi connectivity index (χ2v) is 3.82. The van der Waals surface area contributed by atoms with Crippen LogP contribution in [0, 0.1) is 0 Å². The van der Waals surface area contributed by atoms with Gasteiger partial charge in [-0.3, -0.25) is 0 Å². The number of hydrogen-bond acceptors (Lipinski definition) is 3. The zero-order valence-corrected chi connectivity index (χ0v) is 9.81. The van der Waals surface area contributed by atoms with E-state index in [1.807, 2.05) is 30.5 Å². The molecule has 2 rings (SSSR count). The van der Waals surface area contributed by atoms with Crippen LogP contribution < -0.4 is 0 Å². The lowest BCUT2D eigenvalue weighted by atomic mass is 10.3. The summed E-state index contributed by atoms with van der Waals surface area (Å²) >= 11 is 3.29. The molecule has 0 N–H and O–H groups in total. The first-order valence-electron chi connectivity index (χ1n) is 4.46. The van der Waals surface area contributed by atoms with Crippen molar-refractivity contribution in [1.29, 1.82) is 0 Å². The standard InChI is InChI=1S/C10H10BrN3O/c1-15-7-8-3-2-4-10(12-8)14-6-5-9(11)13-14/h2-6H,7H2,1H3. The van der Waals surface area contributed by atoms with Crippen molar-refractivity contribution < 1.29 is 4.74 Å². The molecule has 0 aliphatic carbocycles. The molecular formula is C10H10BrN3O. The van der Waals surface area contributed by atoms with Crippen molar-refractivity contribution in [2.75, 3.05) is 7.11 Å². The van der Waals surface area contributed by atoms with Gasteiger partial charge in [-0.25, -0.2) is 9.67 Å². The Balaban J connectivity index is 2.32. The highest BCUT2D eigenvalue weighted by atomic mass is 79.9. The first-order chi connectivity index (χ1) is 7.29. The van der Waals surface area contributed by atoms with Gasteiger partial charge < -0.3 is 4.74 Å². The smallest absolute Gasteiger partial charge is 0.153 e. The molecule has 5 heteroatoms. The van der Waals surface area contributed by atoms with E-state index in [0.29, 0.717) is 6.61 Å². The first kappa shape index (κ1) is 10.3. The van der Waals surface area contributed by atoms with E-state index in [0.717, 1.165) is 16.1 Å². The molecule has 0 fully saturated rings. The average Bonchev–Trinajstić information content (AvgIpc) is 2.66. The van der Waals surface area contributed by atoms with Crippen molar-refractivity contribution in [1.82, 2.24) is 14.8 Å². The van der Waals surface area contributed by atoms with Crippen molar-refractivity contribution >= 4 is 15.9 Å². The van der Waals surface area contributed by atoms with E-state index in [9.17, 15) is 0 Å². The van der Waals surface area contributed by atoms with Gasteiger partial charge in [-0.15, -0.1) is 0 Å². The zero-order valence-electron chi connectivity index (χ0n) is 8.22. The van der Waals surface area contributed by atoms with Gasteiger partial charge in [-0.1, -0.05) is 6.07 Å². The number of methoxy groups -OCH3 is 1. The van der Waals surface area contributed by atoms with Crippen molar-refractivity contribution in [3.8, 4) is 5.82 Å². The molecule has 2 heterocycles. The largest absolute Gasteiger partial charge is 0.378 e. The number of halogens is 1. The maximum atomic E-state index is 5.02. The lowest BCUT2D eigenvalue weighted by Crippen LogP contribution is -2.01. The molecule has 0 spiro atoms. The van der Waals surface area contributed by atoms with E-state index in [1.54, 1.807) is 11.8 Å². The van der Waals surface area contributed by atoms with Crippen LogP contribution >= 0.6 is 15.9 Å². The molecule has 0 radical (unpaired) electrons.